The maximum absolute atomic E-state index is 12.8. The van der Waals surface area contributed by atoms with Crippen molar-refractivity contribution in [1.29, 1.82) is 0 Å². The van der Waals surface area contributed by atoms with Crippen molar-refractivity contribution < 1.29 is 13.2 Å². The zero-order chi connectivity index (χ0) is 18.6. The Morgan fingerprint density at radius 1 is 1.00 bits per heavy atom. The van der Waals surface area contributed by atoms with Crippen LogP contribution in [0.5, 0.6) is 0 Å². The van der Waals surface area contributed by atoms with Gasteiger partial charge in [-0.15, -0.1) is 15.3 Å². The Labute approximate surface area is 152 Å². The average molecular weight is 377 g/mol. The summed E-state index contributed by atoms with van der Waals surface area (Å²) in [6.45, 7) is 1.38. The molecule has 10 heteroatoms. The van der Waals surface area contributed by atoms with Crippen LogP contribution in [0.15, 0.2) is 24.4 Å². The van der Waals surface area contributed by atoms with Gasteiger partial charge in [-0.1, -0.05) is 0 Å². The number of nitrogens with zero attached hydrogens (tertiary/aromatic N) is 7. The molecule has 7 nitrogen and oxygen atoms in total. The smallest absolute Gasteiger partial charge is 0.353 e. The van der Waals surface area contributed by atoms with Gasteiger partial charge in [-0.3, -0.25) is 4.68 Å². The largest absolute Gasteiger partial charge is 0.435 e. The minimum atomic E-state index is -4.42. The number of piperidine rings is 1. The second kappa shape index (κ2) is 5.93. The monoisotopic (exact) mass is 377 g/mol. The Morgan fingerprint density at radius 3 is 2.59 bits per heavy atom. The number of alkyl halides is 3. The fourth-order valence-electron chi connectivity index (χ4n) is 3.63. The van der Waals surface area contributed by atoms with Crippen molar-refractivity contribution in [3.63, 3.8) is 0 Å². The fourth-order valence-corrected chi connectivity index (χ4v) is 3.63. The maximum Gasteiger partial charge on any atom is 0.435 e. The molecule has 1 unspecified atom stereocenters. The van der Waals surface area contributed by atoms with E-state index < -0.39 is 11.9 Å². The molecule has 1 aliphatic heterocycles. The van der Waals surface area contributed by atoms with Crippen LogP contribution in [0.3, 0.4) is 0 Å². The molecule has 0 spiro atoms. The Bertz CT molecular complexity index is 972. The van der Waals surface area contributed by atoms with Gasteiger partial charge in [0.2, 0.25) is 0 Å². The predicted octanol–water partition coefficient (Wildman–Crippen LogP) is 3.06. The first-order chi connectivity index (χ1) is 13.0. The summed E-state index contributed by atoms with van der Waals surface area (Å²) in [5.74, 6) is 2.11. The Hall–Kier alpha value is -2.65. The van der Waals surface area contributed by atoms with Crippen LogP contribution in [0.25, 0.3) is 5.65 Å². The summed E-state index contributed by atoms with van der Waals surface area (Å²) in [6.07, 6.45) is 0.873. The molecule has 4 heterocycles. The third-order valence-electron chi connectivity index (χ3n) is 5.21. The van der Waals surface area contributed by atoms with Crippen molar-refractivity contribution in [3.8, 4) is 0 Å². The van der Waals surface area contributed by atoms with Crippen molar-refractivity contribution >= 4 is 11.5 Å². The highest BCUT2D eigenvalue weighted by molar-refractivity contribution is 5.46. The first-order valence-corrected chi connectivity index (χ1v) is 9.09. The molecule has 0 aromatic carbocycles. The molecule has 1 atom stereocenters. The summed E-state index contributed by atoms with van der Waals surface area (Å²) in [4.78, 5) is 2.10. The molecule has 2 fully saturated rings. The molecule has 5 rings (SSSR count). The highest BCUT2D eigenvalue weighted by Crippen LogP contribution is 2.39. The van der Waals surface area contributed by atoms with Crippen LogP contribution >= 0.6 is 0 Å². The lowest BCUT2D eigenvalue weighted by molar-refractivity contribution is -0.141. The van der Waals surface area contributed by atoms with Crippen molar-refractivity contribution in [1.82, 2.24) is 29.6 Å². The number of anilines is 1. The molecule has 3 aromatic rings. The quantitative estimate of drug-likeness (QED) is 0.702. The highest BCUT2D eigenvalue weighted by Gasteiger charge is 2.35. The first-order valence-electron chi connectivity index (χ1n) is 9.09. The molecular formula is C17H18F3N7. The minimum absolute atomic E-state index is 0.115. The van der Waals surface area contributed by atoms with E-state index in [0.717, 1.165) is 55.6 Å². The Morgan fingerprint density at radius 2 is 1.85 bits per heavy atom. The summed E-state index contributed by atoms with van der Waals surface area (Å²) in [6, 6.07) is 4.70. The topological polar surface area (TPSA) is 64.1 Å². The van der Waals surface area contributed by atoms with Gasteiger partial charge in [0.25, 0.3) is 0 Å². The van der Waals surface area contributed by atoms with Gasteiger partial charge in [0.15, 0.2) is 17.2 Å². The third-order valence-corrected chi connectivity index (χ3v) is 5.21. The highest BCUT2D eigenvalue weighted by atomic mass is 19.4. The average Bonchev–Trinajstić information content (AvgIpc) is 3.21. The van der Waals surface area contributed by atoms with E-state index in [1.165, 1.54) is 10.9 Å². The number of hydrogen-bond donors (Lipinski definition) is 0. The van der Waals surface area contributed by atoms with Gasteiger partial charge in [-0.2, -0.15) is 22.8 Å². The minimum Gasteiger partial charge on any atom is -0.353 e. The molecule has 3 aromatic heterocycles. The van der Waals surface area contributed by atoms with Gasteiger partial charge in [0.05, 0.1) is 6.04 Å². The summed E-state index contributed by atoms with van der Waals surface area (Å²) in [7, 11) is 0. The lowest BCUT2D eigenvalue weighted by atomic mass is 10.1. The van der Waals surface area contributed by atoms with E-state index in [0.29, 0.717) is 12.5 Å². The van der Waals surface area contributed by atoms with Gasteiger partial charge in [-0.25, -0.2) is 0 Å². The van der Waals surface area contributed by atoms with Gasteiger partial charge in [0, 0.05) is 25.2 Å². The molecule has 27 heavy (non-hydrogen) atoms. The summed E-state index contributed by atoms with van der Waals surface area (Å²) >= 11 is 0. The molecular weight excluding hydrogens is 359 g/mol. The molecule has 1 saturated heterocycles. The van der Waals surface area contributed by atoms with E-state index in [9.17, 15) is 13.2 Å². The number of hydrogen-bond acceptors (Lipinski definition) is 5. The number of aromatic nitrogens is 6. The molecule has 0 bridgehead atoms. The molecule has 0 amide bonds. The lowest BCUT2D eigenvalue weighted by Crippen LogP contribution is -2.37. The van der Waals surface area contributed by atoms with Crippen LogP contribution in [0.1, 0.15) is 49.2 Å². The predicted molar refractivity (Wildman–Crippen MR) is 90.5 cm³/mol. The van der Waals surface area contributed by atoms with Crippen LogP contribution in [-0.2, 0) is 6.18 Å². The van der Waals surface area contributed by atoms with E-state index in [2.05, 4.69) is 20.2 Å². The zero-order valence-corrected chi connectivity index (χ0v) is 14.5. The van der Waals surface area contributed by atoms with Crippen LogP contribution in [0.4, 0.5) is 19.0 Å². The fraction of sp³-hybridized carbons (Fsp3) is 0.529. The third kappa shape index (κ3) is 3.02. The van der Waals surface area contributed by atoms with E-state index in [4.69, 9.17) is 5.10 Å². The second-order valence-electron chi connectivity index (χ2n) is 7.21. The van der Waals surface area contributed by atoms with E-state index in [-0.39, 0.29) is 6.04 Å². The van der Waals surface area contributed by atoms with Crippen molar-refractivity contribution in [2.45, 2.75) is 43.8 Å². The number of rotatable bonds is 3. The van der Waals surface area contributed by atoms with Crippen LogP contribution < -0.4 is 4.90 Å². The number of halogens is 3. The normalized spacial score (nSPS) is 21.1. The molecule has 1 aliphatic carbocycles. The van der Waals surface area contributed by atoms with Gasteiger partial charge in [-0.05, 0) is 43.9 Å². The van der Waals surface area contributed by atoms with Gasteiger partial charge in [0.1, 0.15) is 5.82 Å². The maximum atomic E-state index is 12.8. The Kier molecular flexibility index (Phi) is 3.63. The van der Waals surface area contributed by atoms with E-state index in [1.54, 1.807) is 4.52 Å². The van der Waals surface area contributed by atoms with Crippen LogP contribution in [0, 0.1) is 0 Å². The van der Waals surface area contributed by atoms with E-state index >= 15 is 0 Å². The van der Waals surface area contributed by atoms with Crippen molar-refractivity contribution in [2.24, 2.45) is 0 Å². The molecule has 2 aliphatic rings. The first kappa shape index (κ1) is 16.5. The lowest BCUT2D eigenvalue weighted by Gasteiger charge is -2.33. The number of fused-ring (bicyclic) bond motifs is 1. The summed E-state index contributed by atoms with van der Waals surface area (Å²) < 4.78 is 41.7. The summed E-state index contributed by atoms with van der Waals surface area (Å²) in [5.41, 5.74) is -0.131. The van der Waals surface area contributed by atoms with Gasteiger partial charge < -0.3 is 4.90 Å². The molecule has 0 radical (unpaired) electrons. The van der Waals surface area contributed by atoms with Crippen LogP contribution in [-0.4, -0.2) is 42.7 Å². The molecule has 1 saturated carbocycles. The zero-order valence-electron chi connectivity index (χ0n) is 14.5. The summed E-state index contributed by atoms with van der Waals surface area (Å²) in [5, 5.41) is 16.8. The standard InChI is InChI=1S/C17H18F3N7/c18-17(19,20)13-7-9-26(23-13)12-2-1-8-25(10-12)15-6-5-14-21-22-16(11-3-4-11)27(14)24-15/h5-7,9,11-12H,1-4,8,10H2. The van der Waals surface area contributed by atoms with E-state index in [1.807, 2.05) is 12.1 Å². The SMILES string of the molecule is FC(F)(F)c1ccn(C2CCCN(c3ccc4nnc(C5CC5)n4n3)C2)n1. The molecule has 0 N–H and O–H groups in total. The molecule has 142 valence electrons. The Balaban J connectivity index is 1.40. The second-order valence-corrected chi connectivity index (χ2v) is 7.21. The van der Waals surface area contributed by atoms with Crippen molar-refractivity contribution in [3.05, 3.63) is 35.9 Å². The van der Waals surface area contributed by atoms with Crippen LogP contribution in [0.2, 0.25) is 0 Å². The van der Waals surface area contributed by atoms with Gasteiger partial charge >= 0.3 is 6.18 Å². The van der Waals surface area contributed by atoms with Crippen molar-refractivity contribution in [2.75, 3.05) is 18.0 Å².